The minimum atomic E-state index is -4.33. The van der Waals surface area contributed by atoms with E-state index in [1.54, 1.807) is 12.1 Å². The van der Waals surface area contributed by atoms with Gasteiger partial charge in [0.2, 0.25) is 0 Å². The van der Waals surface area contributed by atoms with Gasteiger partial charge in [0.25, 0.3) is 0 Å². The van der Waals surface area contributed by atoms with Gasteiger partial charge in [0.1, 0.15) is 0 Å². The molecule has 1 nitrogen and oxygen atoms in total. The third kappa shape index (κ3) is 3.23. The quantitative estimate of drug-likeness (QED) is 0.885. The molecule has 2 aromatic rings. The predicted molar refractivity (Wildman–Crippen MR) is 64.3 cm³/mol. The van der Waals surface area contributed by atoms with Gasteiger partial charge in [-0.1, -0.05) is 42.5 Å². The van der Waals surface area contributed by atoms with Crippen LogP contribution in [0.1, 0.15) is 12.0 Å². The van der Waals surface area contributed by atoms with Crippen LogP contribution in [0.3, 0.4) is 0 Å². The fraction of sp³-hybridized carbons (Fsp3) is 0.286. The van der Waals surface area contributed by atoms with Crippen molar-refractivity contribution in [2.24, 2.45) is 0 Å². The zero-order valence-electron chi connectivity index (χ0n) is 9.61. The molecule has 0 aliphatic carbocycles. The first-order valence-electron chi connectivity index (χ1n) is 5.67. The van der Waals surface area contributed by atoms with E-state index in [0.717, 1.165) is 16.3 Å². The molecule has 2 aromatic carbocycles. The van der Waals surface area contributed by atoms with Crippen molar-refractivity contribution in [1.29, 1.82) is 0 Å². The molecule has 0 aromatic heterocycles. The van der Waals surface area contributed by atoms with Crippen LogP contribution >= 0.6 is 0 Å². The highest BCUT2D eigenvalue weighted by Crippen LogP contribution is 2.25. The van der Waals surface area contributed by atoms with Crippen molar-refractivity contribution in [3.05, 3.63) is 48.0 Å². The van der Waals surface area contributed by atoms with Gasteiger partial charge in [0.05, 0.1) is 12.5 Å². The van der Waals surface area contributed by atoms with Gasteiger partial charge in [-0.25, -0.2) is 0 Å². The molecule has 0 radical (unpaired) electrons. The van der Waals surface area contributed by atoms with E-state index in [0.29, 0.717) is 0 Å². The Balaban J connectivity index is 2.21. The van der Waals surface area contributed by atoms with E-state index >= 15 is 0 Å². The first-order valence-corrected chi connectivity index (χ1v) is 5.67. The molecule has 1 unspecified atom stereocenters. The van der Waals surface area contributed by atoms with Crippen LogP contribution in [0.5, 0.6) is 0 Å². The molecule has 1 atom stereocenters. The van der Waals surface area contributed by atoms with E-state index in [1.807, 2.05) is 30.3 Å². The lowest BCUT2D eigenvalue weighted by molar-refractivity contribution is -0.153. The van der Waals surface area contributed by atoms with Gasteiger partial charge in [0, 0.05) is 0 Å². The van der Waals surface area contributed by atoms with Crippen LogP contribution in [-0.4, -0.2) is 17.4 Å². The second-order valence-corrected chi connectivity index (χ2v) is 4.32. The summed E-state index contributed by atoms with van der Waals surface area (Å²) in [4.78, 5) is 0. The molecule has 4 heteroatoms. The number of rotatable bonds is 3. The van der Waals surface area contributed by atoms with Gasteiger partial charge in [-0.05, 0) is 22.8 Å². The number of benzene rings is 2. The Kier molecular flexibility index (Phi) is 3.57. The Hall–Kier alpha value is -1.55. The van der Waals surface area contributed by atoms with Crippen LogP contribution in [0.15, 0.2) is 42.5 Å². The van der Waals surface area contributed by atoms with Crippen LogP contribution in [0.2, 0.25) is 0 Å². The number of fused-ring (bicyclic) bond motifs is 1. The van der Waals surface area contributed by atoms with Crippen LogP contribution in [-0.2, 0) is 6.42 Å². The molecule has 1 N–H and O–H groups in total. The van der Waals surface area contributed by atoms with Gasteiger partial charge in [0.15, 0.2) is 0 Å². The second-order valence-electron chi connectivity index (χ2n) is 4.32. The lowest BCUT2D eigenvalue weighted by Gasteiger charge is -2.14. The van der Waals surface area contributed by atoms with Crippen LogP contribution in [0.4, 0.5) is 13.2 Å². The van der Waals surface area contributed by atoms with Crippen LogP contribution in [0.25, 0.3) is 10.8 Å². The van der Waals surface area contributed by atoms with E-state index < -0.39 is 18.7 Å². The molecule has 0 bridgehead atoms. The highest BCUT2D eigenvalue weighted by molar-refractivity contribution is 5.85. The molecule has 0 aliphatic heterocycles. The van der Waals surface area contributed by atoms with Crippen molar-refractivity contribution in [2.45, 2.75) is 25.1 Å². The molecule has 0 amide bonds. The average molecular weight is 254 g/mol. The zero-order chi connectivity index (χ0) is 13.2. The van der Waals surface area contributed by atoms with E-state index in [4.69, 9.17) is 0 Å². The molecule has 2 rings (SSSR count). The third-order valence-corrected chi connectivity index (χ3v) is 2.80. The summed E-state index contributed by atoms with van der Waals surface area (Å²) >= 11 is 0. The van der Waals surface area contributed by atoms with Crippen LogP contribution < -0.4 is 0 Å². The molecule has 0 spiro atoms. The smallest absolute Gasteiger partial charge is 0.391 e. The molecule has 0 saturated heterocycles. The summed E-state index contributed by atoms with van der Waals surface area (Å²) < 4.78 is 36.5. The van der Waals surface area contributed by atoms with Crippen molar-refractivity contribution >= 4 is 10.8 Å². The van der Waals surface area contributed by atoms with E-state index in [1.165, 1.54) is 0 Å². The normalized spacial score (nSPS) is 13.8. The Morgan fingerprint density at radius 1 is 1.00 bits per heavy atom. The van der Waals surface area contributed by atoms with E-state index in [-0.39, 0.29) is 6.42 Å². The monoisotopic (exact) mass is 254 g/mol. The summed E-state index contributed by atoms with van der Waals surface area (Å²) in [7, 11) is 0. The standard InChI is InChI=1S/C14H13F3O/c15-14(16,17)9-12(18)8-11-6-3-5-10-4-1-2-7-13(10)11/h1-7,12,18H,8-9H2. The summed E-state index contributed by atoms with van der Waals surface area (Å²) in [5.74, 6) is 0. The van der Waals surface area contributed by atoms with E-state index in [9.17, 15) is 18.3 Å². The van der Waals surface area contributed by atoms with E-state index in [2.05, 4.69) is 0 Å². The third-order valence-electron chi connectivity index (χ3n) is 2.80. The summed E-state index contributed by atoms with van der Waals surface area (Å²) in [5, 5.41) is 11.3. The minimum absolute atomic E-state index is 0.0147. The van der Waals surface area contributed by atoms with Crippen molar-refractivity contribution < 1.29 is 18.3 Å². The van der Waals surface area contributed by atoms with Gasteiger partial charge in [-0.3, -0.25) is 0 Å². The molecule has 0 aliphatic rings. The number of aliphatic hydroxyl groups excluding tert-OH is 1. The molecule has 0 fully saturated rings. The van der Waals surface area contributed by atoms with Crippen molar-refractivity contribution in [3.8, 4) is 0 Å². The SMILES string of the molecule is OC(Cc1cccc2ccccc12)CC(F)(F)F. The molecule has 18 heavy (non-hydrogen) atoms. The highest BCUT2D eigenvalue weighted by Gasteiger charge is 2.31. The van der Waals surface area contributed by atoms with Crippen molar-refractivity contribution in [3.63, 3.8) is 0 Å². The Labute approximate surface area is 103 Å². The highest BCUT2D eigenvalue weighted by atomic mass is 19.4. The largest absolute Gasteiger partial charge is 0.392 e. The van der Waals surface area contributed by atoms with Crippen molar-refractivity contribution in [2.75, 3.05) is 0 Å². The fourth-order valence-corrected chi connectivity index (χ4v) is 2.06. The zero-order valence-corrected chi connectivity index (χ0v) is 9.61. The molecular weight excluding hydrogens is 241 g/mol. The number of halogens is 3. The summed E-state index contributed by atoms with van der Waals surface area (Å²) in [6, 6.07) is 12.9. The maximum atomic E-state index is 12.2. The maximum absolute atomic E-state index is 12.2. The molecular formula is C14H13F3O. The first kappa shape index (κ1) is 12.9. The second kappa shape index (κ2) is 4.98. The Bertz CT molecular complexity index is 529. The van der Waals surface area contributed by atoms with Gasteiger partial charge in [-0.15, -0.1) is 0 Å². The number of hydrogen-bond donors (Lipinski definition) is 1. The van der Waals surface area contributed by atoms with Crippen LogP contribution in [0, 0.1) is 0 Å². The predicted octanol–water partition coefficient (Wildman–Crippen LogP) is 3.70. The number of hydrogen-bond acceptors (Lipinski definition) is 1. The van der Waals surface area contributed by atoms with Gasteiger partial charge >= 0.3 is 6.18 Å². The molecule has 0 heterocycles. The van der Waals surface area contributed by atoms with Crippen molar-refractivity contribution in [1.82, 2.24) is 0 Å². The average Bonchev–Trinajstić information content (AvgIpc) is 2.27. The summed E-state index contributed by atoms with van der Waals surface area (Å²) in [5.41, 5.74) is 0.741. The van der Waals surface area contributed by atoms with Gasteiger partial charge in [-0.2, -0.15) is 13.2 Å². The summed E-state index contributed by atoms with van der Waals surface area (Å²) in [6.45, 7) is 0. The lowest BCUT2D eigenvalue weighted by atomic mass is 9.99. The molecule has 0 saturated carbocycles. The lowest BCUT2D eigenvalue weighted by Crippen LogP contribution is -2.21. The number of aliphatic hydroxyl groups is 1. The number of alkyl halides is 3. The van der Waals surface area contributed by atoms with Gasteiger partial charge < -0.3 is 5.11 Å². The molecule has 96 valence electrons. The maximum Gasteiger partial charge on any atom is 0.391 e. The topological polar surface area (TPSA) is 20.2 Å². The Morgan fingerprint density at radius 3 is 2.39 bits per heavy atom. The minimum Gasteiger partial charge on any atom is -0.392 e. The Morgan fingerprint density at radius 2 is 1.67 bits per heavy atom. The fourth-order valence-electron chi connectivity index (χ4n) is 2.06. The first-order chi connectivity index (χ1) is 8.46. The summed E-state index contributed by atoms with van der Waals surface area (Å²) in [6.07, 6.45) is -6.88.